The summed E-state index contributed by atoms with van der Waals surface area (Å²) in [6.45, 7) is 0.00194. The van der Waals surface area contributed by atoms with Gasteiger partial charge in [0, 0.05) is 12.3 Å². The Morgan fingerprint density at radius 1 is 1.35 bits per heavy atom. The molecule has 0 aromatic carbocycles. The predicted molar refractivity (Wildman–Crippen MR) is 64.2 cm³/mol. The molecule has 8 heteroatoms. The van der Waals surface area contributed by atoms with E-state index in [9.17, 15) is 18.0 Å². The van der Waals surface area contributed by atoms with E-state index in [2.05, 4.69) is 5.32 Å². The highest BCUT2D eigenvalue weighted by Gasteiger charge is 2.36. The van der Waals surface area contributed by atoms with Gasteiger partial charge < -0.3 is 11.1 Å². The summed E-state index contributed by atoms with van der Waals surface area (Å²) < 4.78 is 35.3. The van der Waals surface area contributed by atoms with Crippen LogP contribution >= 0.6 is 24.2 Å². The normalized spacial score (nSPS) is 18.6. The third kappa shape index (κ3) is 5.83. The molecule has 0 saturated heterocycles. The fraction of sp³-hybridized carbons (Fsp3) is 0.889. The van der Waals surface area contributed by atoms with E-state index in [0.29, 0.717) is 12.8 Å². The van der Waals surface area contributed by atoms with Crippen molar-refractivity contribution >= 4 is 30.1 Å². The van der Waals surface area contributed by atoms with Crippen molar-refractivity contribution in [1.82, 2.24) is 5.32 Å². The molecule has 0 radical (unpaired) electrons. The van der Waals surface area contributed by atoms with Crippen LogP contribution in [0, 0.1) is 0 Å². The molecule has 1 saturated carbocycles. The molecule has 1 aliphatic carbocycles. The number of carbonyl (C=O) groups excluding carboxylic acids is 1. The van der Waals surface area contributed by atoms with E-state index in [0.717, 1.165) is 12.8 Å². The fourth-order valence-corrected chi connectivity index (χ4v) is 2.18. The van der Waals surface area contributed by atoms with Gasteiger partial charge in [0.15, 0.2) is 0 Å². The van der Waals surface area contributed by atoms with Gasteiger partial charge in [0.05, 0.1) is 5.54 Å². The van der Waals surface area contributed by atoms with Crippen molar-refractivity contribution in [3.8, 4) is 0 Å². The molecule has 0 unspecified atom stereocenters. The smallest absolute Gasteiger partial charge is 0.354 e. The number of rotatable bonds is 4. The van der Waals surface area contributed by atoms with Gasteiger partial charge in [-0.2, -0.15) is 13.2 Å². The molecule has 0 aromatic heterocycles. The van der Waals surface area contributed by atoms with Crippen LogP contribution in [0.25, 0.3) is 0 Å². The number of hydrogen-bond acceptors (Lipinski definition) is 3. The van der Waals surface area contributed by atoms with Crippen molar-refractivity contribution in [2.75, 3.05) is 12.3 Å². The Labute approximate surface area is 108 Å². The molecule has 1 fully saturated rings. The zero-order valence-corrected chi connectivity index (χ0v) is 10.8. The first kappa shape index (κ1) is 16.9. The van der Waals surface area contributed by atoms with Gasteiger partial charge in [0.25, 0.3) is 0 Å². The Morgan fingerprint density at radius 3 is 2.35 bits per heavy atom. The van der Waals surface area contributed by atoms with Crippen molar-refractivity contribution < 1.29 is 18.0 Å². The quantitative estimate of drug-likeness (QED) is 0.780. The summed E-state index contributed by atoms with van der Waals surface area (Å²) in [7, 11) is 0. The zero-order valence-electron chi connectivity index (χ0n) is 9.18. The second-order valence-electron chi connectivity index (χ2n) is 3.91. The van der Waals surface area contributed by atoms with Crippen LogP contribution in [-0.2, 0) is 4.79 Å². The predicted octanol–water partition coefficient (Wildman–Crippen LogP) is 2.05. The maximum atomic E-state index is 11.8. The number of hydrogen-bond donors (Lipinski definition) is 2. The Morgan fingerprint density at radius 2 is 1.88 bits per heavy atom. The fourth-order valence-electron chi connectivity index (χ4n) is 1.74. The molecule has 3 nitrogen and oxygen atoms in total. The second-order valence-corrected chi connectivity index (χ2v) is 5.07. The Bertz CT molecular complexity index is 257. The van der Waals surface area contributed by atoms with Gasteiger partial charge in [-0.25, -0.2) is 0 Å². The van der Waals surface area contributed by atoms with E-state index in [1.807, 2.05) is 0 Å². The van der Waals surface area contributed by atoms with Crippen molar-refractivity contribution in [2.45, 2.75) is 36.7 Å². The van der Waals surface area contributed by atoms with E-state index in [1.165, 1.54) is 0 Å². The summed E-state index contributed by atoms with van der Waals surface area (Å²) in [5, 5.41) is 2.45. The lowest BCUT2D eigenvalue weighted by Gasteiger charge is -2.22. The van der Waals surface area contributed by atoms with Crippen molar-refractivity contribution in [3.63, 3.8) is 0 Å². The largest absolute Gasteiger partial charge is 0.441 e. The highest BCUT2D eigenvalue weighted by Crippen LogP contribution is 2.30. The number of nitrogens with two attached hydrogens (primary N) is 1. The van der Waals surface area contributed by atoms with Gasteiger partial charge in [0.1, 0.15) is 0 Å². The maximum absolute atomic E-state index is 11.8. The minimum Gasteiger partial charge on any atom is -0.354 e. The number of carbonyl (C=O) groups is 1. The first-order valence-electron chi connectivity index (χ1n) is 5.11. The molecule has 0 aliphatic heterocycles. The number of halogens is 4. The van der Waals surface area contributed by atoms with Gasteiger partial charge in [-0.1, -0.05) is 12.8 Å². The summed E-state index contributed by atoms with van der Waals surface area (Å²) in [6.07, 6.45) is 3.04. The summed E-state index contributed by atoms with van der Waals surface area (Å²) in [5.41, 5.74) is 0.734. The summed E-state index contributed by atoms with van der Waals surface area (Å²) in [4.78, 5) is 11.6. The van der Waals surface area contributed by atoms with Gasteiger partial charge in [-0.3, -0.25) is 4.79 Å². The first-order chi connectivity index (χ1) is 7.33. The average Bonchev–Trinajstić information content (AvgIpc) is 2.59. The molecule has 102 valence electrons. The van der Waals surface area contributed by atoms with E-state index in [4.69, 9.17) is 5.73 Å². The van der Waals surface area contributed by atoms with Crippen molar-refractivity contribution in [1.29, 1.82) is 0 Å². The molecule has 3 N–H and O–H groups in total. The molecule has 1 amide bonds. The third-order valence-corrected chi connectivity index (χ3v) is 3.34. The highest BCUT2D eigenvalue weighted by atomic mass is 35.5. The highest BCUT2D eigenvalue weighted by molar-refractivity contribution is 8.00. The van der Waals surface area contributed by atoms with E-state index in [1.54, 1.807) is 0 Å². The standard InChI is InChI=1S/C9H15F3N2OS.ClH/c10-9(11,12)16-6-5-14-7(15)8(13)3-1-2-4-8;/h1-6,13H2,(H,14,15);1H. The lowest BCUT2D eigenvalue weighted by Crippen LogP contribution is -2.52. The van der Waals surface area contributed by atoms with Crippen LogP contribution in [0.2, 0.25) is 0 Å². The van der Waals surface area contributed by atoms with E-state index < -0.39 is 11.0 Å². The van der Waals surface area contributed by atoms with Gasteiger partial charge in [-0.15, -0.1) is 12.4 Å². The third-order valence-electron chi connectivity index (χ3n) is 2.60. The Balaban J connectivity index is 0.00000256. The lowest BCUT2D eigenvalue weighted by molar-refractivity contribution is -0.126. The van der Waals surface area contributed by atoms with Crippen LogP contribution in [0.5, 0.6) is 0 Å². The number of amides is 1. The SMILES string of the molecule is Cl.NC1(C(=O)NCCSC(F)(F)F)CCCC1. The molecular formula is C9H16ClF3N2OS. The first-order valence-corrected chi connectivity index (χ1v) is 6.10. The van der Waals surface area contributed by atoms with Gasteiger partial charge >= 0.3 is 5.51 Å². The van der Waals surface area contributed by atoms with E-state index in [-0.39, 0.29) is 42.4 Å². The maximum Gasteiger partial charge on any atom is 0.441 e. The molecule has 1 rings (SSSR count). The molecule has 0 bridgehead atoms. The molecular weight excluding hydrogens is 277 g/mol. The topological polar surface area (TPSA) is 55.1 Å². The summed E-state index contributed by atoms with van der Waals surface area (Å²) in [5.74, 6) is -0.501. The summed E-state index contributed by atoms with van der Waals surface area (Å²) >= 11 is -0.139. The van der Waals surface area contributed by atoms with Crippen LogP contribution in [-0.4, -0.2) is 29.3 Å². The Hall–Kier alpha value is -0.140. The van der Waals surface area contributed by atoms with Crippen LogP contribution in [0.4, 0.5) is 13.2 Å². The molecule has 0 spiro atoms. The molecule has 17 heavy (non-hydrogen) atoms. The van der Waals surface area contributed by atoms with E-state index >= 15 is 0 Å². The monoisotopic (exact) mass is 292 g/mol. The van der Waals surface area contributed by atoms with Gasteiger partial charge in [0.2, 0.25) is 5.91 Å². The zero-order chi connectivity index (χ0) is 12.2. The molecule has 0 atom stereocenters. The van der Waals surface area contributed by atoms with Crippen LogP contribution in [0.15, 0.2) is 0 Å². The Kier molecular flexibility index (Phi) is 6.65. The molecule has 0 heterocycles. The molecule has 0 aromatic rings. The van der Waals surface area contributed by atoms with Crippen LogP contribution in [0.3, 0.4) is 0 Å². The number of alkyl halides is 3. The number of nitrogens with one attached hydrogen (secondary N) is 1. The number of thioether (sulfide) groups is 1. The second kappa shape index (κ2) is 6.70. The minimum atomic E-state index is -4.24. The molecule has 1 aliphatic rings. The average molecular weight is 293 g/mol. The van der Waals surface area contributed by atoms with Crippen LogP contribution < -0.4 is 11.1 Å². The van der Waals surface area contributed by atoms with Gasteiger partial charge in [-0.05, 0) is 24.6 Å². The van der Waals surface area contributed by atoms with Crippen molar-refractivity contribution in [2.24, 2.45) is 5.73 Å². The van der Waals surface area contributed by atoms with Crippen molar-refractivity contribution in [3.05, 3.63) is 0 Å². The minimum absolute atomic E-state index is 0. The lowest BCUT2D eigenvalue weighted by atomic mass is 9.98. The van der Waals surface area contributed by atoms with Crippen LogP contribution in [0.1, 0.15) is 25.7 Å². The summed E-state index contributed by atoms with van der Waals surface area (Å²) in [6, 6.07) is 0.